The molecule has 0 atom stereocenters. The molecular formula is C18H23N3OS. The zero-order chi connectivity index (χ0) is 16.1. The van der Waals surface area contributed by atoms with E-state index in [1.807, 2.05) is 17.2 Å². The number of aromatic nitrogens is 1. The Hall–Kier alpha value is -1.88. The number of thiazole rings is 1. The van der Waals surface area contributed by atoms with Gasteiger partial charge in [0.2, 0.25) is 5.91 Å². The van der Waals surface area contributed by atoms with Gasteiger partial charge in [0.05, 0.1) is 0 Å². The Balaban J connectivity index is 1.41. The van der Waals surface area contributed by atoms with Crippen LogP contribution in [0, 0.1) is 6.92 Å². The first-order chi connectivity index (χ1) is 11.2. The lowest BCUT2D eigenvalue weighted by Gasteiger charge is -2.34. The summed E-state index contributed by atoms with van der Waals surface area (Å²) in [5.41, 5.74) is 1.31. The Bertz CT molecular complexity index is 633. The van der Waals surface area contributed by atoms with E-state index in [4.69, 9.17) is 0 Å². The molecule has 1 saturated heterocycles. The number of carbonyl (C=O) groups is 1. The Morgan fingerprint density at radius 2 is 1.91 bits per heavy atom. The zero-order valence-corrected chi connectivity index (χ0v) is 14.4. The number of aryl methyl sites for hydroxylation is 2. The fraction of sp³-hybridized carbons (Fsp3) is 0.444. The molecule has 2 heterocycles. The summed E-state index contributed by atoms with van der Waals surface area (Å²) in [6, 6.07) is 10.4. The molecule has 0 radical (unpaired) electrons. The van der Waals surface area contributed by atoms with Gasteiger partial charge in [-0.05, 0) is 25.3 Å². The van der Waals surface area contributed by atoms with E-state index in [9.17, 15) is 4.79 Å². The van der Waals surface area contributed by atoms with Crippen LogP contribution >= 0.6 is 11.3 Å². The van der Waals surface area contributed by atoms with Crippen molar-refractivity contribution in [2.45, 2.75) is 26.2 Å². The maximum atomic E-state index is 12.3. The fourth-order valence-electron chi connectivity index (χ4n) is 2.88. The minimum atomic E-state index is 0.288. The van der Waals surface area contributed by atoms with Gasteiger partial charge in [0.25, 0.3) is 0 Å². The maximum absolute atomic E-state index is 12.3. The van der Waals surface area contributed by atoms with Gasteiger partial charge in [-0.25, -0.2) is 4.98 Å². The number of hydrogen-bond donors (Lipinski definition) is 0. The van der Waals surface area contributed by atoms with Crippen molar-refractivity contribution in [1.29, 1.82) is 0 Å². The summed E-state index contributed by atoms with van der Waals surface area (Å²) >= 11 is 1.73. The minimum Gasteiger partial charge on any atom is -0.345 e. The van der Waals surface area contributed by atoms with Gasteiger partial charge in [-0.15, -0.1) is 11.3 Å². The van der Waals surface area contributed by atoms with Crippen molar-refractivity contribution in [3.05, 3.63) is 47.0 Å². The third kappa shape index (κ3) is 4.32. The molecule has 5 heteroatoms. The summed E-state index contributed by atoms with van der Waals surface area (Å²) in [6.07, 6.45) is 4.46. The number of piperazine rings is 1. The number of hydrogen-bond acceptors (Lipinski definition) is 4. The second-order valence-corrected chi connectivity index (χ2v) is 7.17. The number of carbonyl (C=O) groups excluding carboxylic acids is 1. The quantitative estimate of drug-likeness (QED) is 0.845. The van der Waals surface area contributed by atoms with Crippen molar-refractivity contribution < 1.29 is 4.79 Å². The second kappa shape index (κ2) is 7.59. The average molecular weight is 329 g/mol. The molecular weight excluding hydrogens is 306 g/mol. The van der Waals surface area contributed by atoms with Crippen LogP contribution in [-0.2, 0) is 11.2 Å². The van der Waals surface area contributed by atoms with Crippen molar-refractivity contribution in [3.8, 4) is 0 Å². The molecule has 1 aromatic heterocycles. The first-order valence-corrected chi connectivity index (χ1v) is 9.03. The summed E-state index contributed by atoms with van der Waals surface area (Å²) in [4.78, 5) is 22.3. The van der Waals surface area contributed by atoms with Crippen LogP contribution in [0.2, 0.25) is 0 Å². The fourth-order valence-corrected chi connectivity index (χ4v) is 3.69. The molecule has 4 nitrogen and oxygen atoms in total. The van der Waals surface area contributed by atoms with Crippen LogP contribution in [0.5, 0.6) is 0 Å². The molecule has 0 aliphatic carbocycles. The first kappa shape index (κ1) is 16.0. The number of rotatable bonds is 5. The molecule has 0 unspecified atom stereocenters. The predicted molar refractivity (Wildman–Crippen MR) is 95.0 cm³/mol. The molecule has 0 N–H and O–H groups in total. The van der Waals surface area contributed by atoms with Crippen LogP contribution in [-0.4, -0.2) is 42.0 Å². The van der Waals surface area contributed by atoms with Crippen LogP contribution in [0.1, 0.15) is 23.3 Å². The van der Waals surface area contributed by atoms with Crippen LogP contribution < -0.4 is 4.90 Å². The van der Waals surface area contributed by atoms with Crippen LogP contribution in [0.25, 0.3) is 0 Å². The summed E-state index contributed by atoms with van der Waals surface area (Å²) < 4.78 is 0. The van der Waals surface area contributed by atoms with Gasteiger partial charge >= 0.3 is 0 Å². The molecule has 3 rings (SSSR count). The third-order valence-electron chi connectivity index (χ3n) is 4.21. The first-order valence-electron chi connectivity index (χ1n) is 8.21. The summed E-state index contributed by atoms with van der Waals surface area (Å²) in [7, 11) is 0. The van der Waals surface area contributed by atoms with Crippen molar-refractivity contribution in [1.82, 2.24) is 9.88 Å². The Labute approximate surface area is 141 Å². The van der Waals surface area contributed by atoms with Gasteiger partial charge in [0, 0.05) is 43.7 Å². The maximum Gasteiger partial charge on any atom is 0.222 e. The molecule has 0 spiro atoms. The lowest BCUT2D eigenvalue weighted by Crippen LogP contribution is -2.48. The molecule has 0 saturated carbocycles. The van der Waals surface area contributed by atoms with E-state index >= 15 is 0 Å². The van der Waals surface area contributed by atoms with Crippen molar-refractivity contribution >= 4 is 22.4 Å². The van der Waals surface area contributed by atoms with Crippen molar-refractivity contribution in [2.75, 3.05) is 31.1 Å². The zero-order valence-electron chi connectivity index (χ0n) is 13.6. The molecule has 2 aromatic rings. The highest BCUT2D eigenvalue weighted by Gasteiger charge is 2.22. The Morgan fingerprint density at radius 3 is 2.57 bits per heavy atom. The van der Waals surface area contributed by atoms with E-state index in [2.05, 4.69) is 41.1 Å². The lowest BCUT2D eigenvalue weighted by atomic mass is 10.1. The SMILES string of the molecule is Cc1cnc(N2CCN(C(=O)CCCc3ccccc3)CC2)s1. The lowest BCUT2D eigenvalue weighted by molar-refractivity contribution is -0.131. The van der Waals surface area contributed by atoms with E-state index in [1.54, 1.807) is 11.3 Å². The highest BCUT2D eigenvalue weighted by molar-refractivity contribution is 7.15. The summed E-state index contributed by atoms with van der Waals surface area (Å²) in [5, 5.41) is 1.08. The van der Waals surface area contributed by atoms with Crippen molar-refractivity contribution in [2.24, 2.45) is 0 Å². The van der Waals surface area contributed by atoms with Crippen LogP contribution in [0.15, 0.2) is 36.5 Å². The molecule has 1 aliphatic rings. The van der Waals surface area contributed by atoms with Gasteiger partial charge in [0.15, 0.2) is 5.13 Å². The van der Waals surface area contributed by atoms with E-state index in [-0.39, 0.29) is 5.91 Å². The highest BCUT2D eigenvalue weighted by atomic mass is 32.1. The number of nitrogens with zero attached hydrogens (tertiary/aromatic N) is 3. The summed E-state index contributed by atoms with van der Waals surface area (Å²) in [6.45, 7) is 5.47. The van der Waals surface area contributed by atoms with E-state index in [0.717, 1.165) is 44.2 Å². The van der Waals surface area contributed by atoms with Gasteiger partial charge < -0.3 is 9.80 Å². The number of benzene rings is 1. The Kier molecular flexibility index (Phi) is 5.28. The highest BCUT2D eigenvalue weighted by Crippen LogP contribution is 2.22. The second-order valence-electron chi connectivity index (χ2n) is 5.96. The molecule has 0 bridgehead atoms. The minimum absolute atomic E-state index is 0.288. The summed E-state index contributed by atoms with van der Waals surface area (Å²) in [5.74, 6) is 0.288. The van der Waals surface area contributed by atoms with E-state index in [0.29, 0.717) is 6.42 Å². The van der Waals surface area contributed by atoms with Gasteiger partial charge in [-0.2, -0.15) is 0 Å². The predicted octanol–water partition coefficient (Wildman–Crippen LogP) is 3.12. The number of anilines is 1. The van der Waals surface area contributed by atoms with Crippen molar-refractivity contribution in [3.63, 3.8) is 0 Å². The molecule has 1 aliphatic heterocycles. The normalized spacial score (nSPS) is 15.0. The largest absolute Gasteiger partial charge is 0.345 e. The van der Waals surface area contributed by atoms with Gasteiger partial charge in [-0.1, -0.05) is 30.3 Å². The molecule has 1 aromatic carbocycles. The molecule has 122 valence electrons. The smallest absolute Gasteiger partial charge is 0.222 e. The monoisotopic (exact) mass is 329 g/mol. The van der Waals surface area contributed by atoms with Crippen LogP contribution in [0.3, 0.4) is 0 Å². The standard InChI is InChI=1S/C18H23N3OS/c1-15-14-19-18(23-15)21-12-10-20(11-13-21)17(22)9-5-8-16-6-3-2-4-7-16/h2-4,6-7,14H,5,8-13H2,1H3. The molecule has 1 fully saturated rings. The molecule has 23 heavy (non-hydrogen) atoms. The third-order valence-corrected chi connectivity index (χ3v) is 5.18. The topological polar surface area (TPSA) is 36.4 Å². The Morgan fingerprint density at radius 1 is 1.17 bits per heavy atom. The van der Waals surface area contributed by atoms with E-state index < -0.39 is 0 Å². The molecule has 1 amide bonds. The van der Waals surface area contributed by atoms with Gasteiger partial charge in [0.1, 0.15) is 0 Å². The van der Waals surface area contributed by atoms with Gasteiger partial charge in [-0.3, -0.25) is 4.79 Å². The average Bonchev–Trinajstić information content (AvgIpc) is 3.02. The van der Waals surface area contributed by atoms with Crippen LogP contribution in [0.4, 0.5) is 5.13 Å². The van der Waals surface area contributed by atoms with E-state index in [1.165, 1.54) is 10.4 Å². The number of amides is 1.